The number of rotatable bonds is 5. The molecule has 1 N–H and O–H groups in total. The van der Waals surface area contributed by atoms with E-state index in [-0.39, 0.29) is 17.7 Å². The largest absolute Gasteiger partial charge is 0.503 e. The van der Waals surface area contributed by atoms with Gasteiger partial charge in [-0.3, -0.25) is 4.79 Å². The quantitative estimate of drug-likeness (QED) is 0.518. The Bertz CT molecular complexity index is 1100. The molecule has 0 aliphatic carbocycles. The number of carbonyl (C=O) groups excluding carboxylic acids is 1. The molecule has 3 aromatic carbocycles. The summed E-state index contributed by atoms with van der Waals surface area (Å²) in [6.07, 6.45) is 0. The number of halogens is 1. The number of nitrogens with zero attached hydrogens (tertiary/aromatic N) is 1. The third-order valence-electron chi connectivity index (χ3n) is 5.34. The lowest BCUT2D eigenvalue weighted by Crippen LogP contribution is -2.29. The molecule has 30 heavy (non-hydrogen) atoms. The van der Waals surface area contributed by atoms with Gasteiger partial charge in [-0.05, 0) is 47.9 Å². The van der Waals surface area contributed by atoms with E-state index in [1.54, 1.807) is 12.0 Å². The van der Waals surface area contributed by atoms with Gasteiger partial charge in [-0.2, -0.15) is 0 Å². The summed E-state index contributed by atoms with van der Waals surface area (Å²) in [6, 6.07) is 23.0. The van der Waals surface area contributed by atoms with E-state index in [2.05, 4.69) is 15.9 Å². The maximum absolute atomic E-state index is 13.1. The lowest BCUT2D eigenvalue weighted by Gasteiger charge is -2.28. The van der Waals surface area contributed by atoms with Crippen LogP contribution in [-0.2, 0) is 11.3 Å². The number of hydrogen-bond donors (Lipinski definition) is 1. The summed E-state index contributed by atoms with van der Waals surface area (Å²) >= 11 is 3.53. The Morgan fingerprint density at radius 2 is 1.73 bits per heavy atom. The molecule has 0 spiro atoms. The number of methoxy groups -OCH3 is 1. The topological polar surface area (TPSA) is 49.8 Å². The zero-order chi connectivity index (χ0) is 21.3. The van der Waals surface area contributed by atoms with Crippen molar-refractivity contribution in [3.05, 3.63) is 105 Å². The summed E-state index contributed by atoms with van der Waals surface area (Å²) in [6.45, 7) is 2.39. The molecule has 1 unspecified atom stereocenters. The van der Waals surface area contributed by atoms with Crippen LogP contribution in [0, 0.1) is 6.92 Å². The molecule has 0 radical (unpaired) electrons. The van der Waals surface area contributed by atoms with Crippen LogP contribution < -0.4 is 4.74 Å². The first-order valence-corrected chi connectivity index (χ1v) is 10.5. The van der Waals surface area contributed by atoms with Crippen LogP contribution in [-0.4, -0.2) is 23.0 Å². The van der Waals surface area contributed by atoms with Gasteiger partial charge in [0.2, 0.25) is 0 Å². The van der Waals surface area contributed by atoms with Crippen molar-refractivity contribution in [2.45, 2.75) is 19.5 Å². The fraction of sp³-hybridized carbons (Fsp3) is 0.160. The van der Waals surface area contributed by atoms with Crippen molar-refractivity contribution in [2.24, 2.45) is 0 Å². The Hall–Kier alpha value is -3.05. The summed E-state index contributed by atoms with van der Waals surface area (Å²) in [5.41, 5.74) is 4.49. The maximum atomic E-state index is 13.1. The van der Waals surface area contributed by atoms with E-state index in [0.717, 1.165) is 32.5 Å². The zero-order valence-corrected chi connectivity index (χ0v) is 18.4. The standard InChI is InChI=1S/C25H22BrNO3/c1-16-6-10-18(11-7-16)22-23(19-4-3-5-20(26)14-19)27(25(29)24(22)28)15-17-8-12-21(30-2)13-9-17/h3-14,23,28H,15H2,1-2H3. The highest BCUT2D eigenvalue weighted by Gasteiger charge is 2.41. The summed E-state index contributed by atoms with van der Waals surface area (Å²) in [4.78, 5) is 14.9. The fourth-order valence-corrected chi connectivity index (χ4v) is 4.21. The molecule has 3 aromatic rings. The van der Waals surface area contributed by atoms with Crippen LogP contribution in [0.25, 0.3) is 5.57 Å². The van der Waals surface area contributed by atoms with Crippen molar-refractivity contribution in [1.82, 2.24) is 4.90 Å². The minimum atomic E-state index is -0.389. The maximum Gasteiger partial charge on any atom is 0.290 e. The lowest BCUT2D eigenvalue weighted by molar-refractivity contribution is -0.130. The second kappa shape index (κ2) is 8.36. The first kappa shape index (κ1) is 20.2. The van der Waals surface area contributed by atoms with E-state index >= 15 is 0 Å². The van der Waals surface area contributed by atoms with Gasteiger partial charge in [0.05, 0.1) is 13.2 Å². The van der Waals surface area contributed by atoms with E-state index in [1.165, 1.54) is 0 Å². The molecular weight excluding hydrogens is 442 g/mol. The average Bonchev–Trinajstić information content (AvgIpc) is 3.00. The molecule has 5 heteroatoms. The number of amides is 1. The van der Waals surface area contributed by atoms with Gasteiger partial charge in [0.25, 0.3) is 5.91 Å². The second-order valence-corrected chi connectivity index (χ2v) is 8.28. The smallest absolute Gasteiger partial charge is 0.290 e. The lowest BCUT2D eigenvalue weighted by atomic mass is 9.93. The third kappa shape index (κ3) is 3.85. The fourth-order valence-electron chi connectivity index (χ4n) is 3.80. The second-order valence-electron chi connectivity index (χ2n) is 7.37. The van der Waals surface area contributed by atoms with Crippen LogP contribution in [0.5, 0.6) is 5.75 Å². The SMILES string of the molecule is COc1ccc(CN2C(=O)C(O)=C(c3ccc(C)cc3)C2c2cccc(Br)c2)cc1. The minimum Gasteiger partial charge on any atom is -0.503 e. The Morgan fingerprint density at radius 1 is 1.03 bits per heavy atom. The highest BCUT2D eigenvalue weighted by atomic mass is 79.9. The molecular formula is C25H22BrNO3. The van der Waals surface area contributed by atoms with Crippen LogP contribution in [0.2, 0.25) is 0 Å². The van der Waals surface area contributed by atoms with Gasteiger partial charge in [-0.15, -0.1) is 0 Å². The van der Waals surface area contributed by atoms with E-state index < -0.39 is 0 Å². The molecule has 4 nitrogen and oxygen atoms in total. The number of ether oxygens (including phenoxy) is 1. The summed E-state index contributed by atoms with van der Waals surface area (Å²) < 4.78 is 6.15. The minimum absolute atomic E-state index is 0.197. The van der Waals surface area contributed by atoms with E-state index in [4.69, 9.17) is 4.74 Å². The molecule has 1 amide bonds. The molecule has 4 rings (SSSR count). The average molecular weight is 464 g/mol. The normalized spacial score (nSPS) is 16.3. The van der Waals surface area contributed by atoms with Crippen molar-refractivity contribution < 1.29 is 14.6 Å². The predicted octanol–water partition coefficient (Wildman–Crippen LogP) is 5.82. The van der Waals surface area contributed by atoms with Crippen molar-refractivity contribution in [3.8, 4) is 5.75 Å². The summed E-state index contributed by atoms with van der Waals surface area (Å²) in [5.74, 6) is 0.195. The predicted molar refractivity (Wildman–Crippen MR) is 121 cm³/mol. The molecule has 0 saturated heterocycles. The van der Waals surface area contributed by atoms with Crippen LogP contribution in [0.4, 0.5) is 0 Å². The van der Waals surface area contributed by atoms with E-state index in [9.17, 15) is 9.90 Å². The number of benzene rings is 3. The number of carbonyl (C=O) groups is 1. The van der Waals surface area contributed by atoms with Crippen LogP contribution >= 0.6 is 15.9 Å². The van der Waals surface area contributed by atoms with Crippen molar-refractivity contribution >= 4 is 27.4 Å². The molecule has 1 atom stereocenters. The van der Waals surface area contributed by atoms with Crippen LogP contribution in [0.3, 0.4) is 0 Å². The monoisotopic (exact) mass is 463 g/mol. The van der Waals surface area contributed by atoms with Gasteiger partial charge < -0.3 is 14.7 Å². The molecule has 1 aliphatic rings. The highest BCUT2D eigenvalue weighted by molar-refractivity contribution is 9.10. The molecule has 152 valence electrons. The first-order valence-electron chi connectivity index (χ1n) is 9.67. The summed E-state index contributed by atoms with van der Waals surface area (Å²) in [5, 5.41) is 10.9. The van der Waals surface area contributed by atoms with Gasteiger partial charge in [0.15, 0.2) is 5.76 Å². The van der Waals surface area contributed by atoms with Gasteiger partial charge in [0.1, 0.15) is 5.75 Å². The molecule has 1 aliphatic heterocycles. The molecule has 0 fully saturated rings. The number of aliphatic hydroxyl groups excluding tert-OH is 1. The molecule has 0 saturated carbocycles. The van der Waals surface area contributed by atoms with Crippen molar-refractivity contribution in [3.63, 3.8) is 0 Å². The van der Waals surface area contributed by atoms with Crippen LogP contribution in [0.1, 0.15) is 28.3 Å². The Morgan fingerprint density at radius 3 is 2.37 bits per heavy atom. The third-order valence-corrected chi connectivity index (χ3v) is 5.84. The molecule has 0 aromatic heterocycles. The van der Waals surface area contributed by atoms with Crippen LogP contribution in [0.15, 0.2) is 83.0 Å². The van der Waals surface area contributed by atoms with Crippen molar-refractivity contribution in [2.75, 3.05) is 7.11 Å². The van der Waals surface area contributed by atoms with E-state index in [1.807, 2.05) is 79.7 Å². The molecule has 1 heterocycles. The zero-order valence-electron chi connectivity index (χ0n) is 16.8. The number of aliphatic hydroxyl groups is 1. The van der Waals surface area contributed by atoms with Gasteiger partial charge in [-0.25, -0.2) is 0 Å². The Balaban J connectivity index is 1.78. The molecule has 0 bridgehead atoms. The Kier molecular flexibility index (Phi) is 5.64. The van der Waals surface area contributed by atoms with Gasteiger partial charge >= 0.3 is 0 Å². The number of hydrogen-bond acceptors (Lipinski definition) is 3. The van der Waals surface area contributed by atoms with Gasteiger partial charge in [-0.1, -0.05) is 70.0 Å². The highest BCUT2D eigenvalue weighted by Crippen LogP contribution is 2.44. The number of aryl methyl sites for hydroxylation is 1. The summed E-state index contributed by atoms with van der Waals surface area (Å²) in [7, 11) is 1.62. The Labute approximate surface area is 184 Å². The van der Waals surface area contributed by atoms with Gasteiger partial charge in [0, 0.05) is 16.6 Å². The van der Waals surface area contributed by atoms with E-state index in [0.29, 0.717) is 12.1 Å². The van der Waals surface area contributed by atoms with Crippen molar-refractivity contribution in [1.29, 1.82) is 0 Å². The first-order chi connectivity index (χ1) is 14.5.